The third-order valence-electron chi connectivity index (χ3n) is 6.02. The number of amides is 1. The van der Waals surface area contributed by atoms with E-state index >= 15 is 0 Å². The molecule has 5 heterocycles. The summed E-state index contributed by atoms with van der Waals surface area (Å²) in [6.07, 6.45) is 5.03. The summed E-state index contributed by atoms with van der Waals surface area (Å²) in [6.45, 7) is 8.51. The van der Waals surface area contributed by atoms with Crippen LogP contribution in [0.5, 0.6) is 0 Å². The number of carbonyl (C=O) groups excluding carboxylic acids is 2. The van der Waals surface area contributed by atoms with Crippen molar-refractivity contribution in [2.45, 2.75) is 39.5 Å². The van der Waals surface area contributed by atoms with E-state index in [-0.39, 0.29) is 0 Å². The quantitative estimate of drug-likeness (QED) is 0.435. The first kappa shape index (κ1) is 21.1. The molecule has 0 radical (unpaired) electrons. The molecule has 0 saturated carbocycles. The van der Waals surface area contributed by atoms with Crippen molar-refractivity contribution in [3.8, 4) is 0 Å². The zero-order chi connectivity index (χ0) is 23.3. The SMILES string of the molecule is Cc1cn2cc(N3c4nccc(N5CCN[C@H](C)C5)c4CC3OC(=O)C(N)=O)nc(C)c2n1. The number of hydrogen-bond donors (Lipinski definition) is 2. The lowest BCUT2D eigenvalue weighted by atomic mass is 10.1. The van der Waals surface area contributed by atoms with E-state index < -0.39 is 18.1 Å². The van der Waals surface area contributed by atoms with E-state index in [4.69, 9.17) is 15.5 Å². The number of imidazole rings is 1. The second kappa shape index (κ2) is 8.00. The number of ether oxygens (including phenoxy) is 1. The van der Waals surface area contributed by atoms with E-state index in [1.54, 1.807) is 11.1 Å². The Kier molecular flexibility index (Phi) is 5.12. The highest BCUT2D eigenvalue weighted by atomic mass is 16.6. The number of nitrogens with one attached hydrogen (secondary N) is 1. The molecule has 1 fully saturated rings. The number of hydrogen-bond acceptors (Lipinski definition) is 9. The molecule has 172 valence electrons. The second-order valence-electron chi connectivity index (χ2n) is 8.53. The van der Waals surface area contributed by atoms with Crippen LogP contribution in [0.3, 0.4) is 0 Å². The van der Waals surface area contributed by atoms with Gasteiger partial charge < -0.3 is 25.1 Å². The molecule has 0 spiro atoms. The fraction of sp³-hybridized carbons (Fsp3) is 0.409. The lowest BCUT2D eigenvalue weighted by molar-refractivity contribution is -0.157. The van der Waals surface area contributed by atoms with Gasteiger partial charge in [0.05, 0.1) is 17.6 Å². The van der Waals surface area contributed by atoms with E-state index in [1.807, 2.05) is 36.7 Å². The number of nitrogens with zero attached hydrogens (tertiary/aromatic N) is 6. The summed E-state index contributed by atoms with van der Waals surface area (Å²) >= 11 is 0. The molecular formula is C22H26N8O3. The van der Waals surface area contributed by atoms with E-state index in [2.05, 4.69) is 27.1 Å². The summed E-state index contributed by atoms with van der Waals surface area (Å²) < 4.78 is 7.41. The predicted molar refractivity (Wildman–Crippen MR) is 121 cm³/mol. The molecule has 33 heavy (non-hydrogen) atoms. The number of aryl methyl sites for hydroxylation is 2. The average molecular weight is 451 g/mol. The van der Waals surface area contributed by atoms with Gasteiger partial charge in [-0.15, -0.1) is 0 Å². The molecule has 2 aliphatic heterocycles. The van der Waals surface area contributed by atoms with Gasteiger partial charge in [0.25, 0.3) is 0 Å². The summed E-state index contributed by atoms with van der Waals surface area (Å²) in [5.41, 5.74) is 9.49. The van der Waals surface area contributed by atoms with Crippen LogP contribution in [0.4, 0.5) is 17.3 Å². The number of fused-ring (bicyclic) bond motifs is 2. The Balaban J connectivity index is 1.61. The van der Waals surface area contributed by atoms with Gasteiger partial charge in [-0.05, 0) is 26.8 Å². The average Bonchev–Trinajstić information content (AvgIpc) is 3.33. The van der Waals surface area contributed by atoms with Crippen molar-refractivity contribution in [1.82, 2.24) is 24.7 Å². The molecule has 0 aromatic carbocycles. The van der Waals surface area contributed by atoms with Crippen molar-refractivity contribution in [3.05, 3.63) is 41.6 Å². The van der Waals surface area contributed by atoms with Gasteiger partial charge in [-0.2, -0.15) is 0 Å². The number of primary amides is 1. The maximum absolute atomic E-state index is 12.1. The monoisotopic (exact) mass is 450 g/mol. The standard InChI is InChI=1S/C22H26N8O3/c1-12-9-28(7-6-24-12)16-4-5-25-21-15(16)8-18(33-22(32)19(23)31)30(21)17-11-29-10-13(2)26-20(29)14(3)27-17/h4-5,10-12,18,24H,6-9H2,1-3H3,(H2,23,31)/t12-,18?/m1/s1. The summed E-state index contributed by atoms with van der Waals surface area (Å²) in [5, 5.41) is 3.45. The lowest BCUT2D eigenvalue weighted by Crippen LogP contribution is -2.49. The largest absolute Gasteiger partial charge is 0.434 e. The van der Waals surface area contributed by atoms with E-state index in [1.165, 1.54) is 0 Å². The smallest absolute Gasteiger partial charge is 0.398 e. The molecule has 0 aliphatic carbocycles. The number of aromatic nitrogens is 4. The second-order valence-corrected chi connectivity index (χ2v) is 8.53. The van der Waals surface area contributed by atoms with Crippen LogP contribution in [0.1, 0.15) is 23.9 Å². The number of carbonyl (C=O) groups is 2. The fourth-order valence-corrected chi connectivity index (χ4v) is 4.63. The van der Waals surface area contributed by atoms with Crippen LogP contribution in [0.25, 0.3) is 5.65 Å². The van der Waals surface area contributed by atoms with Gasteiger partial charge in [-0.3, -0.25) is 9.69 Å². The Morgan fingerprint density at radius 3 is 2.82 bits per heavy atom. The zero-order valence-electron chi connectivity index (χ0n) is 18.8. The lowest BCUT2D eigenvalue weighted by Gasteiger charge is -2.34. The van der Waals surface area contributed by atoms with Gasteiger partial charge in [0.15, 0.2) is 17.7 Å². The molecule has 3 aromatic heterocycles. The van der Waals surface area contributed by atoms with E-state index in [0.29, 0.717) is 24.1 Å². The fourth-order valence-electron chi connectivity index (χ4n) is 4.63. The molecule has 11 heteroatoms. The van der Waals surface area contributed by atoms with Crippen molar-refractivity contribution in [2.24, 2.45) is 5.73 Å². The summed E-state index contributed by atoms with van der Waals surface area (Å²) in [6, 6.07) is 2.33. The molecule has 2 aliphatic rings. The maximum atomic E-state index is 12.1. The number of pyridine rings is 1. The van der Waals surface area contributed by atoms with Gasteiger partial charge in [-0.25, -0.2) is 19.7 Å². The number of anilines is 3. The topological polar surface area (TPSA) is 131 Å². The van der Waals surface area contributed by atoms with Gasteiger partial charge in [-0.1, -0.05) is 0 Å². The number of piperazine rings is 1. The molecule has 1 saturated heterocycles. The minimum atomic E-state index is -1.14. The van der Waals surface area contributed by atoms with Crippen molar-refractivity contribution in [2.75, 3.05) is 29.4 Å². The molecule has 11 nitrogen and oxygen atoms in total. The zero-order valence-corrected chi connectivity index (χ0v) is 18.8. The summed E-state index contributed by atoms with van der Waals surface area (Å²) in [7, 11) is 0. The first-order valence-electron chi connectivity index (χ1n) is 10.9. The van der Waals surface area contributed by atoms with Crippen LogP contribution >= 0.6 is 0 Å². The van der Waals surface area contributed by atoms with Crippen molar-refractivity contribution in [1.29, 1.82) is 0 Å². The highest BCUT2D eigenvalue weighted by Crippen LogP contribution is 2.41. The Hall–Kier alpha value is -3.73. The maximum Gasteiger partial charge on any atom is 0.398 e. The van der Waals surface area contributed by atoms with Crippen LogP contribution < -0.4 is 20.9 Å². The van der Waals surface area contributed by atoms with E-state index in [9.17, 15) is 9.59 Å². The van der Waals surface area contributed by atoms with Crippen LogP contribution in [0.2, 0.25) is 0 Å². The van der Waals surface area contributed by atoms with Crippen LogP contribution in [0, 0.1) is 13.8 Å². The normalized spacial score (nSPS) is 20.2. The summed E-state index contributed by atoms with van der Waals surface area (Å²) in [5.74, 6) is -1.05. The molecule has 1 unspecified atom stereocenters. The Labute approximate surface area is 190 Å². The Morgan fingerprint density at radius 2 is 2.06 bits per heavy atom. The van der Waals surface area contributed by atoms with Crippen molar-refractivity contribution < 1.29 is 14.3 Å². The van der Waals surface area contributed by atoms with Crippen LogP contribution in [0.15, 0.2) is 24.7 Å². The molecule has 1 amide bonds. The highest BCUT2D eigenvalue weighted by molar-refractivity contribution is 6.31. The van der Waals surface area contributed by atoms with Gasteiger partial charge >= 0.3 is 11.9 Å². The minimum absolute atomic E-state index is 0.347. The van der Waals surface area contributed by atoms with E-state index in [0.717, 1.165) is 47.9 Å². The molecular weight excluding hydrogens is 424 g/mol. The van der Waals surface area contributed by atoms with Crippen LogP contribution in [-0.2, 0) is 20.7 Å². The predicted octanol–water partition coefficient (Wildman–Crippen LogP) is 0.588. The third kappa shape index (κ3) is 3.74. The Bertz CT molecular complexity index is 1260. The Morgan fingerprint density at radius 1 is 1.24 bits per heavy atom. The third-order valence-corrected chi connectivity index (χ3v) is 6.02. The first-order chi connectivity index (χ1) is 15.8. The van der Waals surface area contributed by atoms with Gasteiger partial charge in [0, 0.05) is 55.7 Å². The summed E-state index contributed by atoms with van der Waals surface area (Å²) in [4.78, 5) is 41.5. The number of rotatable bonds is 3. The van der Waals surface area contributed by atoms with Crippen molar-refractivity contribution in [3.63, 3.8) is 0 Å². The minimum Gasteiger partial charge on any atom is -0.434 e. The number of nitrogens with two attached hydrogens (primary N) is 1. The highest BCUT2D eigenvalue weighted by Gasteiger charge is 2.39. The van der Waals surface area contributed by atoms with Gasteiger partial charge in [0.2, 0.25) is 0 Å². The molecule has 3 aromatic rings. The van der Waals surface area contributed by atoms with Gasteiger partial charge in [0.1, 0.15) is 5.82 Å². The number of esters is 1. The molecule has 2 atom stereocenters. The van der Waals surface area contributed by atoms with Crippen molar-refractivity contribution >= 4 is 34.8 Å². The molecule has 3 N–H and O–H groups in total. The van der Waals surface area contributed by atoms with Crippen LogP contribution in [-0.4, -0.2) is 63.1 Å². The molecule has 0 bridgehead atoms. The first-order valence-corrected chi connectivity index (χ1v) is 10.9. The molecule has 5 rings (SSSR count).